The van der Waals surface area contributed by atoms with Gasteiger partial charge in [0.15, 0.2) is 0 Å². The number of rotatable bonds is 0. The number of hydrogen-bond acceptors (Lipinski definition) is 2. The summed E-state index contributed by atoms with van der Waals surface area (Å²) in [4.78, 5) is 4.72. The third kappa shape index (κ3) is 2.23. The van der Waals surface area contributed by atoms with E-state index in [1.807, 2.05) is 6.20 Å². The second-order valence-corrected chi connectivity index (χ2v) is 7.47. The van der Waals surface area contributed by atoms with Gasteiger partial charge in [-0.15, -0.1) is 0 Å². The molecule has 92 valence electrons. The molecule has 0 atom stereocenters. The van der Waals surface area contributed by atoms with Crippen LogP contribution < -0.4 is 0 Å². The molecule has 0 saturated carbocycles. The largest absolute Gasteiger partial charge is 0.260 e. The van der Waals surface area contributed by atoms with Gasteiger partial charge in [-0.1, -0.05) is 41.5 Å². The van der Waals surface area contributed by atoms with Gasteiger partial charge in [-0.05, 0) is 21.7 Å². The molecular formula is C15H21NS. The molecule has 0 spiro atoms. The SMILES string of the molecule is CC(C)(C)c1ncc2cscc2c1C(C)(C)C. The monoisotopic (exact) mass is 247 g/mol. The van der Waals surface area contributed by atoms with Crippen molar-refractivity contribution in [3.63, 3.8) is 0 Å². The summed E-state index contributed by atoms with van der Waals surface area (Å²) in [5.74, 6) is 0. The second-order valence-electron chi connectivity index (χ2n) is 6.72. The zero-order valence-electron chi connectivity index (χ0n) is 11.6. The molecule has 0 aliphatic heterocycles. The van der Waals surface area contributed by atoms with Crippen molar-refractivity contribution in [1.29, 1.82) is 0 Å². The third-order valence-corrected chi connectivity index (χ3v) is 3.75. The smallest absolute Gasteiger partial charge is 0.0501 e. The fourth-order valence-corrected chi connectivity index (χ4v) is 3.06. The van der Waals surface area contributed by atoms with E-state index in [-0.39, 0.29) is 10.8 Å². The van der Waals surface area contributed by atoms with Crippen LogP contribution in [0.3, 0.4) is 0 Å². The van der Waals surface area contributed by atoms with Crippen LogP contribution in [-0.4, -0.2) is 4.98 Å². The maximum absolute atomic E-state index is 4.72. The lowest BCUT2D eigenvalue weighted by Crippen LogP contribution is -2.23. The lowest BCUT2D eigenvalue weighted by Gasteiger charge is -2.29. The molecule has 0 radical (unpaired) electrons. The average Bonchev–Trinajstić information content (AvgIpc) is 2.59. The fourth-order valence-electron chi connectivity index (χ4n) is 2.26. The average molecular weight is 247 g/mol. The van der Waals surface area contributed by atoms with Crippen molar-refractivity contribution >= 4 is 22.1 Å². The van der Waals surface area contributed by atoms with E-state index in [0.29, 0.717) is 0 Å². The first-order chi connectivity index (χ1) is 7.71. The molecule has 17 heavy (non-hydrogen) atoms. The minimum atomic E-state index is 0.0960. The molecule has 0 aliphatic carbocycles. The zero-order valence-corrected chi connectivity index (χ0v) is 12.4. The van der Waals surface area contributed by atoms with E-state index in [9.17, 15) is 0 Å². The van der Waals surface area contributed by atoms with Crippen LogP contribution in [0.2, 0.25) is 0 Å². The van der Waals surface area contributed by atoms with Crippen LogP contribution in [0.5, 0.6) is 0 Å². The molecule has 0 fully saturated rings. The zero-order chi connectivity index (χ0) is 12.8. The van der Waals surface area contributed by atoms with Gasteiger partial charge in [-0.3, -0.25) is 4.98 Å². The van der Waals surface area contributed by atoms with E-state index >= 15 is 0 Å². The summed E-state index contributed by atoms with van der Waals surface area (Å²) in [7, 11) is 0. The summed E-state index contributed by atoms with van der Waals surface area (Å²) in [6.45, 7) is 13.5. The highest BCUT2D eigenvalue weighted by Gasteiger charge is 2.28. The highest BCUT2D eigenvalue weighted by Crippen LogP contribution is 2.38. The van der Waals surface area contributed by atoms with E-state index in [4.69, 9.17) is 4.98 Å². The molecule has 0 amide bonds. The highest BCUT2D eigenvalue weighted by atomic mass is 32.1. The van der Waals surface area contributed by atoms with Crippen LogP contribution >= 0.6 is 11.3 Å². The van der Waals surface area contributed by atoms with Crippen molar-refractivity contribution in [3.8, 4) is 0 Å². The van der Waals surface area contributed by atoms with Crippen molar-refractivity contribution in [3.05, 3.63) is 28.2 Å². The van der Waals surface area contributed by atoms with Crippen LogP contribution in [-0.2, 0) is 10.8 Å². The first-order valence-corrected chi connectivity index (χ1v) is 7.01. The molecule has 2 heteroatoms. The van der Waals surface area contributed by atoms with Crippen molar-refractivity contribution in [2.75, 3.05) is 0 Å². The van der Waals surface area contributed by atoms with Gasteiger partial charge in [0.2, 0.25) is 0 Å². The molecule has 2 rings (SSSR count). The molecule has 1 nitrogen and oxygen atoms in total. The van der Waals surface area contributed by atoms with Crippen molar-refractivity contribution in [2.45, 2.75) is 52.4 Å². The Balaban J connectivity index is 2.85. The lowest BCUT2D eigenvalue weighted by molar-refractivity contribution is 0.519. The van der Waals surface area contributed by atoms with Gasteiger partial charge in [0.05, 0.1) is 5.69 Å². The first kappa shape index (κ1) is 12.6. The minimum Gasteiger partial charge on any atom is -0.260 e. The first-order valence-electron chi connectivity index (χ1n) is 6.07. The van der Waals surface area contributed by atoms with Crippen molar-refractivity contribution in [1.82, 2.24) is 4.98 Å². The molecule has 2 aromatic rings. The van der Waals surface area contributed by atoms with Crippen LogP contribution in [0, 0.1) is 0 Å². The molecule has 0 unspecified atom stereocenters. The fraction of sp³-hybridized carbons (Fsp3) is 0.533. The van der Waals surface area contributed by atoms with Gasteiger partial charge in [0.25, 0.3) is 0 Å². The van der Waals surface area contributed by atoms with Crippen LogP contribution in [0.1, 0.15) is 52.8 Å². The summed E-state index contributed by atoms with van der Waals surface area (Å²) in [6.07, 6.45) is 2.02. The summed E-state index contributed by atoms with van der Waals surface area (Å²) < 4.78 is 0. The molecule has 0 aliphatic rings. The number of nitrogens with zero attached hydrogens (tertiary/aromatic N) is 1. The van der Waals surface area contributed by atoms with Crippen LogP contribution in [0.15, 0.2) is 17.0 Å². The van der Waals surface area contributed by atoms with Gasteiger partial charge in [-0.2, -0.15) is 11.3 Å². The molecule has 0 aromatic carbocycles. The Morgan fingerprint density at radius 1 is 0.941 bits per heavy atom. The molecule has 0 bridgehead atoms. The summed E-state index contributed by atoms with van der Waals surface area (Å²) in [5, 5.41) is 7.09. The van der Waals surface area contributed by atoms with E-state index in [2.05, 4.69) is 52.3 Å². The maximum atomic E-state index is 4.72. The molecule has 2 heterocycles. The van der Waals surface area contributed by atoms with Crippen LogP contribution in [0.25, 0.3) is 10.8 Å². The van der Waals surface area contributed by atoms with Gasteiger partial charge in [0, 0.05) is 22.4 Å². The molecule has 0 N–H and O–H groups in total. The van der Waals surface area contributed by atoms with Crippen molar-refractivity contribution in [2.24, 2.45) is 0 Å². The number of pyridine rings is 1. The number of hydrogen-bond donors (Lipinski definition) is 0. The Morgan fingerprint density at radius 3 is 2.12 bits per heavy atom. The summed E-state index contributed by atoms with van der Waals surface area (Å²) in [5.41, 5.74) is 2.87. The van der Waals surface area contributed by atoms with Crippen molar-refractivity contribution < 1.29 is 0 Å². The van der Waals surface area contributed by atoms with Gasteiger partial charge < -0.3 is 0 Å². The summed E-state index contributed by atoms with van der Waals surface area (Å²) >= 11 is 1.76. The Bertz CT molecular complexity index is 538. The molecular weight excluding hydrogens is 226 g/mol. The quantitative estimate of drug-likeness (QED) is 0.646. The van der Waals surface area contributed by atoms with Gasteiger partial charge in [-0.25, -0.2) is 0 Å². The molecule has 0 saturated heterocycles. The highest BCUT2D eigenvalue weighted by molar-refractivity contribution is 7.09. The normalized spacial score (nSPS) is 13.3. The van der Waals surface area contributed by atoms with E-state index < -0.39 is 0 Å². The number of thiophene rings is 1. The Labute approximate surface area is 108 Å². The van der Waals surface area contributed by atoms with E-state index in [1.165, 1.54) is 22.0 Å². The Morgan fingerprint density at radius 2 is 1.59 bits per heavy atom. The maximum Gasteiger partial charge on any atom is 0.0501 e. The van der Waals surface area contributed by atoms with E-state index in [0.717, 1.165) is 0 Å². The predicted octanol–water partition coefficient (Wildman–Crippen LogP) is 4.89. The molecule has 2 aromatic heterocycles. The topological polar surface area (TPSA) is 12.9 Å². The van der Waals surface area contributed by atoms with Gasteiger partial charge in [0.1, 0.15) is 0 Å². The second kappa shape index (κ2) is 3.81. The van der Waals surface area contributed by atoms with Crippen LogP contribution in [0.4, 0.5) is 0 Å². The Hall–Kier alpha value is -0.890. The summed E-state index contributed by atoms with van der Waals surface area (Å²) in [6, 6.07) is 0. The number of aromatic nitrogens is 1. The minimum absolute atomic E-state index is 0.0960. The van der Waals surface area contributed by atoms with Gasteiger partial charge >= 0.3 is 0 Å². The predicted molar refractivity (Wildman–Crippen MR) is 77.0 cm³/mol. The van der Waals surface area contributed by atoms with E-state index in [1.54, 1.807) is 11.3 Å². The standard InChI is InChI=1S/C15H21NS/c1-14(2,3)12-11-9-17-8-10(11)7-16-13(12)15(4,5)6/h7-9H,1-6H3. The Kier molecular flexibility index (Phi) is 2.81. The lowest BCUT2D eigenvalue weighted by atomic mass is 9.77. The third-order valence-electron chi connectivity index (χ3n) is 2.99. The number of fused-ring (bicyclic) bond motifs is 1.